The topological polar surface area (TPSA) is 59.0 Å². The summed E-state index contributed by atoms with van der Waals surface area (Å²) in [6.45, 7) is 2.28. The monoisotopic (exact) mass is 284 g/mol. The minimum atomic E-state index is -0.519. The third kappa shape index (κ3) is 3.59. The van der Waals surface area contributed by atoms with E-state index in [4.69, 9.17) is 15.7 Å². The van der Waals surface area contributed by atoms with Crippen LogP contribution in [0.15, 0.2) is 42.5 Å². The van der Waals surface area contributed by atoms with Crippen LogP contribution in [0.25, 0.3) is 0 Å². The maximum absolute atomic E-state index is 13.3. The number of ether oxygens (including phenoxy) is 1. The summed E-state index contributed by atoms with van der Waals surface area (Å²) in [6, 6.07) is 13.7. The maximum Gasteiger partial charge on any atom is 0.140 e. The van der Waals surface area contributed by atoms with Crippen LogP contribution in [-0.2, 0) is 6.61 Å². The Kier molecular flexibility index (Phi) is 4.91. The highest BCUT2D eigenvalue weighted by atomic mass is 19.1. The van der Waals surface area contributed by atoms with Crippen molar-refractivity contribution in [1.29, 1.82) is 5.26 Å². The summed E-state index contributed by atoms with van der Waals surface area (Å²) in [5, 5.41) is 8.83. The Bertz CT molecular complexity index is 664. The molecule has 0 amide bonds. The van der Waals surface area contributed by atoms with E-state index in [1.165, 1.54) is 12.1 Å². The van der Waals surface area contributed by atoms with E-state index >= 15 is 0 Å². The molecule has 0 saturated carbocycles. The van der Waals surface area contributed by atoms with Crippen LogP contribution in [0.5, 0.6) is 5.75 Å². The van der Waals surface area contributed by atoms with Crippen molar-refractivity contribution in [3.05, 3.63) is 65.0 Å². The van der Waals surface area contributed by atoms with E-state index in [1.54, 1.807) is 6.07 Å². The highest BCUT2D eigenvalue weighted by Crippen LogP contribution is 2.26. The number of para-hydroxylation sites is 1. The fourth-order valence-electron chi connectivity index (χ4n) is 2.05. The van der Waals surface area contributed by atoms with Crippen molar-refractivity contribution in [1.82, 2.24) is 0 Å². The summed E-state index contributed by atoms with van der Waals surface area (Å²) in [5.74, 6) is 0.198. The first-order valence-electron chi connectivity index (χ1n) is 6.81. The molecule has 1 atom stereocenters. The molecule has 0 aliphatic rings. The first-order chi connectivity index (χ1) is 10.2. The maximum atomic E-state index is 13.3. The Morgan fingerprint density at radius 3 is 2.76 bits per heavy atom. The van der Waals surface area contributed by atoms with E-state index in [-0.39, 0.29) is 18.2 Å². The van der Waals surface area contributed by atoms with Crippen molar-refractivity contribution in [2.24, 2.45) is 5.73 Å². The molecule has 2 N–H and O–H groups in total. The van der Waals surface area contributed by atoms with Gasteiger partial charge in [-0.15, -0.1) is 0 Å². The third-order valence-electron chi connectivity index (χ3n) is 3.30. The van der Waals surface area contributed by atoms with E-state index in [0.29, 0.717) is 0 Å². The summed E-state index contributed by atoms with van der Waals surface area (Å²) in [5.41, 5.74) is 7.77. The molecule has 0 aromatic heterocycles. The summed E-state index contributed by atoms with van der Waals surface area (Å²) in [6.07, 6.45) is 0.815. The number of halogens is 1. The van der Waals surface area contributed by atoms with Crippen LogP contribution in [0.3, 0.4) is 0 Å². The number of hydrogen-bond donors (Lipinski definition) is 1. The van der Waals surface area contributed by atoms with E-state index in [0.717, 1.165) is 23.3 Å². The lowest BCUT2D eigenvalue weighted by Crippen LogP contribution is -2.10. The molecule has 0 bridgehead atoms. The van der Waals surface area contributed by atoms with Gasteiger partial charge >= 0.3 is 0 Å². The zero-order valence-electron chi connectivity index (χ0n) is 11.8. The van der Waals surface area contributed by atoms with Gasteiger partial charge in [-0.05, 0) is 30.2 Å². The third-order valence-corrected chi connectivity index (χ3v) is 3.30. The normalized spacial score (nSPS) is 11.7. The van der Waals surface area contributed by atoms with Gasteiger partial charge < -0.3 is 10.5 Å². The quantitative estimate of drug-likeness (QED) is 0.911. The highest BCUT2D eigenvalue weighted by molar-refractivity contribution is 5.37. The summed E-state index contributed by atoms with van der Waals surface area (Å²) in [7, 11) is 0. The fourth-order valence-corrected chi connectivity index (χ4v) is 2.05. The number of nitriles is 1. The van der Waals surface area contributed by atoms with Gasteiger partial charge in [0.15, 0.2) is 0 Å². The van der Waals surface area contributed by atoms with Crippen molar-refractivity contribution < 1.29 is 9.13 Å². The predicted octanol–water partition coefficient (Wildman–Crippen LogP) is 3.69. The van der Waals surface area contributed by atoms with Crippen LogP contribution in [0.2, 0.25) is 0 Å². The lowest BCUT2D eigenvalue weighted by Gasteiger charge is -2.15. The van der Waals surface area contributed by atoms with E-state index < -0.39 is 5.82 Å². The van der Waals surface area contributed by atoms with Gasteiger partial charge in [0, 0.05) is 11.6 Å². The molecule has 3 nitrogen and oxygen atoms in total. The average Bonchev–Trinajstić information content (AvgIpc) is 2.53. The van der Waals surface area contributed by atoms with Gasteiger partial charge in [0.2, 0.25) is 0 Å². The van der Waals surface area contributed by atoms with Gasteiger partial charge in [-0.2, -0.15) is 5.26 Å². The van der Waals surface area contributed by atoms with E-state index in [9.17, 15) is 4.39 Å². The molecule has 108 valence electrons. The Balaban J connectivity index is 2.15. The number of nitrogens with two attached hydrogens (primary N) is 1. The van der Waals surface area contributed by atoms with Gasteiger partial charge in [0.25, 0.3) is 0 Å². The van der Waals surface area contributed by atoms with Crippen molar-refractivity contribution >= 4 is 0 Å². The molecule has 0 spiro atoms. The van der Waals surface area contributed by atoms with Gasteiger partial charge in [-0.1, -0.05) is 31.2 Å². The van der Waals surface area contributed by atoms with Gasteiger partial charge in [0.05, 0.1) is 5.56 Å². The molecule has 0 fully saturated rings. The first-order valence-corrected chi connectivity index (χ1v) is 6.81. The van der Waals surface area contributed by atoms with Gasteiger partial charge in [0.1, 0.15) is 24.2 Å². The SMILES string of the molecule is CC[C@@H](N)c1ccccc1OCc1ccc(F)c(C#N)c1. The molecule has 0 aliphatic carbocycles. The van der Waals surface area contributed by atoms with Crippen molar-refractivity contribution in [2.45, 2.75) is 26.0 Å². The Morgan fingerprint density at radius 1 is 1.29 bits per heavy atom. The van der Waals surface area contributed by atoms with Crippen LogP contribution in [0, 0.1) is 17.1 Å². The molecule has 2 rings (SSSR count). The molecule has 2 aromatic carbocycles. The molecule has 0 heterocycles. The number of rotatable bonds is 5. The molecule has 4 heteroatoms. The van der Waals surface area contributed by atoms with E-state index in [1.807, 2.05) is 37.3 Å². The zero-order valence-corrected chi connectivity index (χ0v) is 11.8. The lowest BCUT2D eigenvalue weighted by atomic mass is 10.0. The van der Waals surface area contributed by atoms with Crippen LogP contribution >= 0.6 is 0 Å². The minimum Gasteiger partial charge on any atom is -0.489 e. The van der Waals surface area contributed by atoms with E-state index in [2.05, 4.69) is 0 Å². The average molecular weight is 284 g/mol. The molecular formula is C17H17FN2O. The second-order valence-electron chi connectivity index (χ2n) is 4.77. The van der Waals surface area contributed by atoms with Crippen LogP contribution in [-0.4, -0.2) is 0 Å². The number of nitrogens with zero attached hydrogens (tertiary/aromatic N) is 1. The summed E-state index contributed by atoms with van der Waals surface area (Å²) < 4.78 is 19.0. The van der Waals surface area contributed by atoms with Crippen molar-refractivity contribution in [2.75, 3.05) is 0 Å². The zero-order chi connectivity index (χ0) is 15.2. The summed E-state index contributed by atoms with van der Waals surface area (Å²) in [4.78, 5) is 0. The minimum absolute atomic E-state index is 0.0228. The molecule has 21 heavy (non-hydrogen) atoms. The Labute approximate surface area is 123 Å². The van der Waals surface area contributed by atoms with Crippen molar-refractivity contribution in [3.63, 3.8) is 0 Å². The molecular weight excluding hydrogens is 267 g/mol. The van der Waals surface area contributed by atoms with Crippen LogP contribution in [0.4, 0.5) is 4.39 Å². The van der Waals surface area contributed by atoms with Gasteiger partial charge in [-0.25, -0.2) is 4.39 Å². The van der Waals surface area contributed by atoms with Crippen LogP contribution in [0.1, 0.15) is 36.1 Å². The van der Waals surface area contributed by atoms with Crippen molar-refractivity contribution in [3.8, 4) is 11.8 Å². The summed E-state index contributed by atoms with van der Waals surface area (Å²) >= 11 is 0. The number of hydrogen-bond acceptors (Lipinski definition) is 3. The molecule has 0 aliphatic heterocycles. The second kappa shape index (κ2) is 6.87. The van der Waals surface area contributed by atoms with Gasteiger partial charge in [-0.3, -0.25) is 0 Å². The fraction of sp³-hybridized carbons (Fsp3) is 0.235. The second-order valence-corrected chi connectivity index (χ2v) is 4.77. The highest BCUT2D eigenvalue weighted by Gasteiger charge is 2.10. The first kappa shape index (κ1) is 15.0. The Morgan fingerprint density at radius 2 is 2.05 bits per heavy atom. The Hall–Kier alpha value is -2.38. The largest absolute Gasteiger partial charge is 0.489 e. The standard InChI is InChI=1S/C17H17FN2O/c1-2-16(20)14-5-3-4-6-17(14)21-11-12-7-8-15(18)13(9-12)10-19/h3-9,16H,2,11,20H2,1H3/t16-/m1/s1. The smallest absolute Gasteiger partial charge is 0.140 e. The lowest BCUT2D eigenvalue weighted by molar-refractivity contribution is 0.300. The predicted molar refractivity (Wildman–Crippen MR) is 79.1 cm³/mol. The molecule has 0 saturated heterocycles. The molecule has 0 radical (unpaired) electrons. The molecule has 0 unspecified atom stereocenters. The van der Waals surface area contributed by atoms with Crippen LogP contribution < -0.4 is 10.5 Å². The number of benzene rings is 2. The molecule has 2 aromatic rings.